The summed E-state index contributed by atoms with van der Waals surface area (Å²) in [6.45, 7) is 3.45. The van der Waals surface area contributed by atoms with Gasteiger partial charge < -0.3 is 9.72 Å². The van der Waals surface area contributed by atoms with E-state index in [9.17, 15) is 0 Å². The van der Waals surface area contributed by atoms with Crippen molar-refractivity contribution in [3.63, 3.8) is 0 Å². The summed E-state index contributed by atoms with van der Waals surface area (Å²) in [4.78, 5) is 6.27. The van der Waals surface area contributed by atoms with Crippen LogP contribution in [0.4, 0.5) is 0 Å². The molecule has 2 aromatic carbocycles. The fourth-order valence-electron chi connectivity index (χ4n) is 4.91. The molecular weight excluding hydrogens is 380 g/mol. The lowest BCUT2D eigenvalue weighted by Gasteiger charge is -2.32. The number of nitrogens with zero attached hydrogens (tertiary/aromatic N) is 1. The second-order valence-electron chi connectivity index (χ2n) is 8.21. The number of nitrogens with one attached hydrogen (secondary N) is 1. The minimum Gasteiger partial charge on any atom is -0.497 e. The summed E-state index contributed by atoms with van der Waals surface area (Å²) < 4.78 is 5.45. The van der Waals surface area contributed by atoms with Crippen LogP contribution in [-0.2, 0) is 12.8 Å². The van der Waals surface area contributed by atoms with Crippen LogP contribution in [0.5, 0.6) is 5.75 Å². The summed E-state index contributed by atoms with van der Waals surface area (Å²) in [7, 11) is 1.75. The minimum absolute atomic E-state index is 0. The van der Waals surface area contributed by atoms with Crippen molar-refractivity contribution in [2.75, 3.05) is 26.7 Å². The first kappa shape index (κ1) is 20.1. The highest BCUT2D eigenvalue weighted by Crippen LogP contribution is 2.34. The first-order valence-electron chi connectivity index (χ1n) is 10.4. The van der Waals surface area contributed by atoms with Crippen LogP contribution >= 0.6 is 12.4 Å². The molecule has 1 aliphatic heterocycles. The predicted octanol–water partition coefficient (Wildman–Crippen LogP) is 5.49. The van der Waals surface area contributed by atoms with Gasteiger partial charge in [-0.2, -0.15) is 0 Å². The van der Waals surface area contributed by atoms with E-state index in [1.165, 1.54) is 59.2 Å². The quantitative estimate of drug-likeness (QED) is 0.618. The number of H-pyrrole nitrogens is 1. The first-order chi connectivity index (χ1) is 13.8. The SMILES string of the molecule is COc1ccc2[nH]c3c(c2c1)CC(CN1CC=C(c2ccccc2)CC1)CC3.Cl. The van der Waals surface area contributed by atoms with Gasteiger partial charge in [0.05, 0.1) is 7.11 Å². The number of hydrogen-bond donors (Lipinski definition) is 1. The summed E-state index contributed by atoms with van der Waals surface area (Å²) in [5.74, 6) is 1.69. The maximum absolute atomic E-state index is 5.45. The lowest BCUT2D eigenvalue weighted by atomic mass is 9.85. The number of methoxy groups -OCH3 is 1. The Morgan fingerprint density at radius 2 is 1.97 bits per heavy atom. The smallest absolute Gasteiger partial charge is 0.119 e. The normalized spacial score (nSPS) is 19.3. The molecular formula is C25H29ClN2O. The number of aryl methyl sites for hydroxylation is 1. The maximum Gasteiger partial charge on any atom is 0.119 e. The minimum atomic E-state index is 0. The summed E-state index contributed by atoms with van der Waals surface area (Å²) in [6.07, 6.45) is 7.21. The van der Waals surface area contributed by atoms with Crippen molar-refractivity contribution in [2.24, 2.45) is 5.92 Å². The molecule has 0 bridgehead atoms. The average Bonchev–Trinajstić information content (AvgIpc) is 3.12. The topological polar surface area (TPSA) is 28.3 Å². The van der Waals surface area contributed by atoms with Gasteiger partial charge in [0.15, 0.2) is 0 Å². The molecule has 2 aliphatic rings. The van der Waals surface area contributed by atoms with Gasteiger partial charge in [0.1, 0.15) is 5.75 Å². The van der Waals surface area contributed by atoms with Gasteiger partial charge >= 0.3 is 0 Å². The molecule has 2 heterocycles. The van der Waals surface area contributed by atoms with Crippen LogP contribution < -0.4 is 4.74 Å². The van der Waals surface area contributed by atoms with E-state index in [1.807, 2.05) is 6.07 Å². The highest BCUT2D eigenvalue weighted by atomic mass is 35.5. The molecule has 1 atom stereocenters. The maximum atomic E-state index is 5.45. The number of aromatic amines is 1. The Hall–Kier alpha value is -2.23. The van der Waals surface area contributed by atoms with Gasteiger partial charge in [-0.3, -0.25) is 4.90 Å². The van der Waals surface area contributed by atoms with Crippen LogP contribution in [0.1, 0.15) is 29.7 Å². The Bertz CT molecular complexity index is 1010. The number of ether oxygens (including phenoxy) is 1. The predicted molar refractivity (Wildman–Crippen MR) is 123 cm³/mol. The Morgan fingerprint density at radius 3 is 2.72 bits per heavy atom. The highest BCUT2D eigenvalue weighted by Gasteiger charge is 2.25. The third kappa shape index (κ3) is 4.08. The van der Waals surface area contributed by atoms with Gasteiger partial charge in [-0.05, 0) is 66.5 Å². The molecule has 0 amide bonds. The molecule has 5 rings (SSSR count). The molecule has 29 heavy (non-hydrogen) atoms. The lowest BCUT2D eigenvalue weighted by molar-refractivity contribution is 0.238. The van der Waals surface area contributed by atoms with Crippen molar-refractivity contribution in [1.82, 2.24) is 9.88 Å². The zero-order chi connectivity index (χ0) is 18.9. The van der Waals surface area contributed by atoms with E-state index >= 15 is 0 Å². The number of halogens is 1. The van der Waals surface area contributed by atoms with Crippen molar-refractivity contribution in [1.29, 1.82) is 0 Å². The fraction of sp³-hybridized carbons (Fsp3) is 0.360. The largest absolute Gasteiger partial charge is 0.497 e. The Morgan fingerprint density at radius 1 is 1.10 bits per heavy atom. The van der Waals surface area contributed by atoms with E-state index in [1.54, 1.807) is 7.11 Å². The molecule has 152 valence electrons. The van der Waals surface area contributed by atoms with Crippen LogP contribution in [0.3, 0.4) is 0 Å². The Labute approximate surface area is 179 Å². The van der Waals surface area contributed by atoms with E-state index in [2.05, 4.69) is 58.4 Å². The molecule has 1 N–H and O–H groups in total. The fourth-order valence-corrected chi connectivity index (χ4v) is 4.91. The number of hydrogen-bond acceptors (Lipinski definition) is 2. The number of aromatic nitrogens is 1. The van der Waals surface area contributed by atoms with Crippen LogP contribution in [0.25, 0.3) is 16.5 Å². The summed E-state index contributed by atoms with van der Waals surface area (Å²) >= 11 is 0. The van der Waals surface area contributed by atoms with Gasteiger partial charge in [-0.15, -0.1) is 12.4 Å². The van der Waals surface area contributed by atoms with Crippen molar-refractivity contribution >= 4 is 28.9 Å². The van der Waals surface area contributed by atoms with E-state index in [-0.39, 0.29) is 12.4 Å². The monoisotopic (exact) mass is 408 g/mol. The zero-order valence-corrected chi connectivity index (χ0v) is 17.8. The number of rotatable bonds is 4. The number of benzene rings is 2. The zero-order valence-electron chi connectivity index (χ0n) is 17.0. The van der Waals surface area contributed by atoms with E-state index in [0.717, 1.165) is 31.1 Å². The van der Waals surface area contributed by atoms with Gasteiger partial charge in [0.2, 0.25) is 0 Å². The van der Waals surface area contributed by atoms with Crippen molar-refractivity contribution in [3.8, 4) is 5.75 Å². The van der Waals surface area contributed by atoms with E-state index in [4.69, 9.17) is 4.74 Å². The van der Waals surface area contributed by atoms with Gasteiger partial charge in [0, 0.05) is 36.2 Å². The van der Waals surface area contributed by atoms with Gasteiger partial charge in [-0.1, -0.05) is 36.4 Å². The van der Waals surface area contributed by atoms with Crippen LogP contribution in [0.15, 0.2) is 54.6 Å². The molecule has 4 heteroatoms. The molecule has 1 unspecified atom stereocenters. The summed E-state index contributed by atoms with van der Waals surface area (Å²) in [5.41, 5.74) is 7.09. The van der Waals surface area contributed by atoms with Crippen molar-refractivity contribution in [2.45, 2.75) is 25.7 Å². The van der Waals surface area contributed by atoms with Crippen LogP contribution in [-0.4, -0.2) is 36.6 Å². The van der Waals surface area contributed by atoms with Gasteiger partial charge in [-0.25, -0.2) is 0 Å². The lowest BCUT2D eigenvalue weighted by Crippen LogP contribution is -2.35. The van der Waals surface area contributed by atoms with E-state index < -0.39 is 0 Å². The van der Waals surface area contributed by atoms with E-state index in [0.29, 0.717) is 0 Å². The second kappa shape index (κ2) is 8.64. The third-order valence-corrected chi connectivity index (χ3v) is 6.45. The molecule has 1 aromatic heterocycles. The summed E-state index contributed by atoms with van der Waals surface area (Å²) in [5, 5.41) is 1.35. The summed E-state index contributed by atoms with van der Waals surface area (Å²) in [6, 6.07) is 17.2. The second-order valence-corrected chi connectivity index (χ2v) is 8.21. The number of fused-ring (bicyclic) bond motifs is 3. The third-order valence-electron chi connectivity index (χ3n) is 6.45. The molecule has 0 saturated carbocycles. The Balaban J connectivity index is 0.00000205. The van der Waals surface area contributed by atoms with Crippen LogP contribution in [0, 0.1) is 5.92 Å². The molecule has 1 aliphatic carbocycles. The molecule has 0 saturated heterocycles. The van der Waals surface area contributed by atoms with Gasteiger partial charge in [0.25, 0.3) is 0 Å². The standard InChI is InChI=1S/C25H28N2O.ClH/c1-28-21-8-10-25-23(16-21)22-15-18(7-9-24(22)26-25)17-27-13-11-20(12-14-27)19-5-3-2-4-6-19;/h2-6,8,10-11,16,18,26H,7,9,12-15,17H2,1H3;1H. The van der Waals surface area contributed by atoms with Crippen molar-refractivity contribution < 1.29 is 4.74 Å². The molecule has 0 spiro atoms. The molecule has 0 fully saturated rings. The van der Waals surface area contributed by atoms with Crippen molar-refractivity contribution in [3.05, 3.63) is 71.4 Å². The highest BCUT2D eigenvalue weighted by molar-refractivity contribution is 5.86. The molecule has 3 nitrogen and oxygen atoms in total. The Kier molecular flexibility index (Phi) is 5.98. The average molecular weight is 409 g/mol. The molecule has 3 aromatic rings. The van der Waals surface area contributed by atoms with Crippen LogP contribution in [0.2, 0.25) is 0 Å². The first-order valence-corrected chi connectivity index (χ1v) is 10.4. The molecule has 0 radical (unpaired) electrons.